The van der Waals surface area contributed by atoms with Crippen LogP contribution in [0.5, 0.6) is 0 Å². The molecule has 1 N–H and O–H groups in total. The Morgan fingerprint density at radius 1 is 0.938 bits per heavy atom. The molecule has 0 radical (unpaired) electrons. The molecular formula is C24H25ClFN5O. The Balaban J connectivity index is 1.37. The van der Waals surface area contributed by atoms with E-state index in [1.165, 1.54) is 34.9 Å². The summed E-state index contributed by atoms with van der Waals surface area (Å²) >= 11 is 5.78. The number of benzene rings is 2. The van der Waals surface area contributed by atoms with Crippen LogP contribution in [0.15, 0.2) is 42.5 Å². The minimum absolute atomic E-state index is 0.0226. The molecule has 3 aromatic rings. The van der Waals surface area contributed by atoms with E-state index >= 15 is 0 Å². The quantitative estimate of drug-likeness (QED) is 0.591. The molecule has 8 heteroatoms. The molecular weight excluding hydrogens is 429 g/mol. The summed E-state index contributed by atoms with van der Waals surface area (Å²) in [5, 5.41) is 11.6. The van der Waals surface area contributed by atoms with Gasteiger partial charge < -0.3 is 15.1 Å². The number of nitrogens with one attached hydrogen (secondary N) is 1. The first kappa shape index (κ1) is 22.0. The number of carbonyl (C=O) groups excluding carboxylic acids is 1. The van der Waals surface area contributed by atoms with Crippen LogP contribution in [0.3, 0.4) is 0 Å². The third kappa shape index (κ3) is 4.67. The molecule has 1 aliphatic heterocycles. The van der Waals surface area contributed by atoms with Gasteiger partial charge in [-0.1, -0.05) is 17.7 Å². The van der Waals surface area contributed by atoms with E-state index in [-0.39, 0.29) is 11.1 Å². The molecule has 0 bridgehead atoms. The molecule has 0 aliphatic carbocycles. The Morgan fingerprint density at radius 3 is 2.31 bits per heavy atom. The first-order valence-electron chi connectivity index (χ1n) is 10.5. The van der Waals surface area contributed by atoms with Crippen molar-refractivity contribution in [2.45, 2.75) is 20.8 Å². The molecule has 0 atom stereocenters. The second kappa shape index (κ2) is 9.12. The van der Waals surface area contributed by atoms with Gasteiger partial charge in [-0.2, -0.15) is 0 Å². The van der Waals surface area contributed by atoms with E-state index < -0.39 is 5.82 Å². The van der Waals surface area contributed by atoms with Crippen molar-refractivity contribution in [3.8, 4) is 11.3 Å². The van der Waals surface area contributed by atoms with Gasteiger partial charge in [-0.3, -0.25) is 0 Å². The zero-order valence-electron chi connectivity index (χ0n) is 18.3. The van der Waals surface area contributed by atoms with Crippen LogP contribution in [0.2, 0.25) is 5.02 Å². The Kier molecular flexibility index (Phi) is 6.28. The highest BCUT2D eigenvalue weighted by Gasteiger charge is 2.22. The van der Waals surface area contributed by atoms with Gasteiger partial charge >= 0.3 is 6.03 Å². The van der Waals surface area contributed by atoms with Crippen molar-refractivity contribution in [2.24, 2.45) is 0 Å². The highest BCUT2D eigenvalue weighted by Crippen LogP contribution is 2.26. The molecule has 4 rings (SSSR count). The third-order valence-electron chi connectivity index (χ3n) is 5.83. The SMILES string of the molecule is Cc1cc(C)c(-c2ccc(N3CCN(C(=O)Nc4ccc(F)c(Cl)c4)CC3)nn2)cc1C. The Hall–Kier alpha value is -3.19. The standard InChI is InChI=1S/C24H25ClFN5O/c1-15-12-17(3)19(13-16(15)2)22-6-7-23(29-28-22)30-8-10-31(11-9-30)24(32)27-18-4-5-21(26)20(25)14-18/h4-7,12-14H,8-11H2,1-3H3,(H,27,32). The van der Waals surface area contributed by atoms with Crippen LogP contribution in [0.25, 0.3) is 11.3 Å². The number of carbonyl (C=O) groups is 1. The fourth-order valence-corrected chi connectivity index (χ4v) is 3.97. The van der Waals surface area contributed by atoms with E-state index in [0.29, 0.717) is 31.9 Å². The Morgan fingerprint density at radius 2 is 1.66 bits per heavy atom. The molecule has 1 aromatic heterocycles. The number of amides is 2. The van der Waals surface area contributed by atoms with Crippen LogP contribution >= 0.6 is 11.6 Å². The fraction of sp³-hybridized carbons (Fsp3) is 0.292. The number of rotatable bonds is 3. The van der Waals surface area contributed by atoms with E-state index in [4.69, 9.17) is 11.6 Å². The molecule has 166 valence electrons. The summed E-state index contributed by atoms with van der Waals surface area (Å²) in [7, 11) is 0. The van der Waals surface area contributed by atoms with Crippen molar-refractivity contribution in [1.82, 2.24) is 15.1 Å². The molecule has 32 heavy (non-hydrogen) atoms. The third-order valence-corrected chi connectivity index (χ3v) is 6.12. The lowest BCUT2D eigenvalue weighted by Gasteiger charge is -2.35. The molecule has 2 heterocycles. The molecule has 2 amide bonds. The Bertz CT molecular complexity index is 1140. The van der Waals surface area contributed by atoms with Crippen LogP contribution in [-0.2, 0) is 0 Å². The smallest absolute Gasteiger partial charge is 0.321 e. The van der Waals surface area contributed by atoms with Crippen molar-refractivity contribution in [3.63, 3.8) is 0 Å². The van der Waals surface area contributed by atoms with Gasteiger partial charge in [-0.05, 0) is 73.9 Å². The molecule has 2 aromatic carbocycles. The second-order valence-corrected chi connectivity index (χ2v) is 8.47. The normalized spacial score (nSPS) is 13.9. The van der Waals surface area contributed by atoms with Gasteiger partial charge in [0.1, 0.15) is 5.82 Å². The number of anilines is 2. The zero-order valence-corrected chi connectivity index (χ0v) is 19.1. The zero-order chi connectivity index (χ0) is 22.8. The van der Waals surface area contributed by atoms with Crippen molar-refractivity contribution >= 4 is 29.1 Å². The van der Waals surface area contributed by atoms with Gasteiger partial charge in [-0.15, -0.1) is 10.2 Å². The summed E-state index contributed by atoms with van der Waals surface area (Å²) in [5.74, 6) is 0.277. The second-order valence-electron chi connectivity index (χ2n) is 8.06. The largest absolute Gasteiger partial charge is 0.352 e. The maximum atomic E-state index is 13.3. The maximum Gasteiger partial charge on any atom is 0.321 e. The minimum Gasteiger partial charge on any atom is -0.352 e. The summed E-state index contributed by atoms with van der Waals surface area (Å²) < 4.78 is 13.3. The lowest BCUT2D eigenvalue weighted by Crippen LogP contribution is -2.50. The first-order chi connectivity index (χ1) is 15.3. The van der Waals surface area contributed by atoms with Crippen LogP contribution in [0.4, 0.5) is 20.7 Å². The molecule has 1 aliphatic rings. The van der Waals surface area contributed by atoms with Crippen molar-refractivity contribution in [2.75, 3.05) is 36.4 Å². The minimum atomic E-state index is -0.516. The van der Waals surface area contributed by atoms with Gasteiger partial charge in [0.25, 0.3) is 0 Å². The monoisotopic (exact) mass is 453 g/mol. The number of hydrogen-bond acceptors (Lipinski definition) is 4. The number of hydrogen-bond donors (Lipinski definition) is 1. The number of urea groups is 1. The highest BCUT2D eigenvalue weighted by atomic mass is 35.5. The number of halogens is 2. The predicted molar refractivity (Wildman–Crippen MR) is 126 cm³/mol. The average molecular weight is 454 g/mol. The maximum absolute atomic E-state index is 13.3. The number of piperazine rings is 1. The predicted octanol–water partition coefficient (Wildman–Crippen LogP) is 5.22. The van der Waals surface area contributed by atoms with E-state index in [1.807, 2.05) is 12.1 Å². The van der Waals surface area contributed by atoms with E-state index in [9.17, 15) is 9.18 Å². The van der Waals surface area contributed by atoms with Gasteiger partial charge in [0, 0.05) is 37.4 Å². The van der Waals surface area contributed by atoms with Crippen molar-refractivity contribution in [1.29, 1.82) is 0 Å². The van der Waals surface area contributed by atoms with Gasteiger partial charge in [0.15, 0.2) is 5.82 Å². The molecule has 0 unspecified atom stereocenters. The molecule has 0 spiro atoms. The van der Waals surface area contributed by atoms with Gasteiger partial charge in [-0.25, -0.2) is 9.18 Å². The topological polar surface area (TPSA) is 61.4 Å². The number of aryl methyl sites for hydroxylation is 3. The van der Waals surface area contributed by atoms with Crippen molar-refractivity contribution < 1.29 is 9.18 Å². The van der Waals surface area contributed by atoms with E-state index in [2.05, 4.69) is 53.3 Å². The van der Waals surface area contributed by atoms with Crippen LogP contribution in [0.1, 0.15) is 16.7 Å². The highest BCUT2D eigenvalue weighted by molar-refractivity contribution is 6.31. The van der Waals surface area contributed by atoms with Gasteiger partial charge in [0.05, 0.1) is 10.7 Å². The number of nitrogens with zero attached hydrogens (tertiary/aromatic N) is 4. The van der Waals surface area contributed by atoms with Gasteiger partial charge in [0.2, 0.25) is 0 Å². The molecule has 1 fully saturated rings. The Labute approximate surface area is 192 Å². The summed E-state index contributed by atoms with van der Waals surface area (Å²) in [6.07, 6.45) is 0. The average Bonchev–Trinajstić information content (AvgIpc) is 2.79. The summed E-state index contributed by atoms with van der Waals surface area (Å²) in [6.45, 7) is 8.67. The summed E-state index contributed by atoms with van der Waals surface area (Å²) in [4.78, 5) is 16.4. The summed E-state index contributed by atoms with van der Waals surface area (Å²) in [5.41, 5.74) is 6.08. The number of aromatic nitrogens is 2. The molecule has 6 nitrogen and oxygen atoms in total. The van der Waals surface area contributed by atoms with E-state index in [0.717, 1.165) is 17.1 Å². The van der Waals surface area contributed by atoms with Crippen LogP contribution < -0.4 is 10.2 Å². The summed E-state index contributed by atoms with van der Waals surface area (Å²) in [6, 6.07) is 12.2. The fourth-order valence-electron chi connectivity index (χ4n) is 3.79. The first-order valence-corrected chi connectivity index (χ1v) is 10.9. The lowest BCUT2D eigenvalue weighted by molar-refractivity contribution is 0.208. The molecule has 0 saturated carbocycles. The van der Waals surface area contributed by atoms with Crippen molar-refractivity contribution in [3.05, 3.63) is 70.0 Å². The van der Waals surface area contributed by atoms with E-state index in [1.54, 1.807) is 4.90 Å². The van der Waals surface area contributed by atoms with Crippen LogP contribution in [0, 0.1) is 26.6 Å². The van der Waals surface area contributed by atoms with Crippen LogP contribution in [-0.4, -0.2) is 47.3 Å². The lowest BCUT2D eigenvalue weighted by atomic mass is 9.99. The molecule has 1 saturated heterocycles.